The van der Waals surface area contributed by atoms with E-state index >= 15 is 0 Å². The van der Waals surface area contributed by atoms with Gasteiger partial charge in [-0.05, 0) is 12.8 Å². The molecule has 0 spiro atoms. The van der Waals surface area contributed by atoms with E-state index in [4.69, 9.17) is 11.6 Å². The zero-order valence-corrected chi connectivity index (χ0v) is 13.5. The van der Waals surface area contributed by atoms with Crippen molar-refractivity contribution >= 4 is 17.3 Å². The van der Waals surface area contributed by atoms with Crippen molar-refractivity contribution in [3.05, 3.63) is 39.0 Å². The van der Waals surface area contributed by atoms with Gasteiger partial charge in [-0.2, -0.15) is 10.2 Å². The van der Waals surface area contributed by atoms with Crippen LogP contribution in [0, 0.1) is 12.8 Å². The van der Waals surface area contributed by atoms with Gasteiger partial charge in [0.1, 0.15) is 5.15 Å². The molecule has 2 aromatic heterocycles. The number of hydrogen-bond acceptors (Lipinski definition) is 4. The quantitative estimate of drug-likeness (QED) is 0.918. The molecular formula is C14H20ClN5O. The molecule has 0 amide bonds. The van der Waals surface area contributed by atoms with Crippen molar-refractivity contribution in [3.63, 3.8) is 0 Å². The van der Waals surface area contributed by atoms with E-state index in [0.29, 0.717) is 17.6 Å². The Bertz CT molecular complexity index is 689. The molecule has 0 aliphatic heterocycles. The predicted octanol–water partition coefficient (Wildman–Crippen LogP) is 2.05. The maximum Gasteiger partial charge on any atom is 0.269 e. The molecule has 114 valence electrons. The Morgan fingerprint density at radius 1 is 1.43 bits per heavy atom. The van der Waals surface area contributed by atoms with E-state index in [1.807, 2.05) is 6.92 Å². The third kappa shape index (κ3) is 3.64. The van der Waals surface area contributed by atoms with Crippen LogP contribution in [0.15, 0.2) is 17.1 Å². The van der Waals surface area contributed by atoms with Crippen LogP contribution in [0.2, 0.25) is 5.15 Å². The van der Waals surface area contributed by atoms with Crippen molar-refractivity contribution in [1.82, 2.24) is 19.6 Å². The summed E-state index contributed by atoms with van der Waals surface area (Å²) in [5.41, 5.74) is 2.19. The summed E-state index contributed by atoms with van der Waals surface area (Å²) >= 11 is 6.18. The number of aryl methyl sites for hydroxylation is 2. The summed E-state index contributed by atoms with van der Waals surface area (Å²) in [4.78, 5) is 12.1. The van der Waals surface area contributed by atoms with Crippen LogP contribution in [0.5, 0.6) is 0 Å². The fourth-order valence-corrected chi connectivity index (χ4v) is 2.21. The highest BCUT2D eigenvalue weighted by Gasteiger charge is 2.13. The number of nitrogens with one attached hydrogen (secondary N) is 1. The van der Waals surface area contributed by atoms with Gasteiger partial charge in [-0.3, -0.25) is 9.48 Å². The third-order valence-corrected chi connectivity index (χ3v) is 3.63. The van der Waals surface area contributed by atoms with Crippen molar-refractivity contribution in [1.29, 1.82) is 0 Å². The number of halogens is 1. The topological polar surface area (TPSA) is 64.7 Å². The molecule has 6 nitrogen and oxygen atoms in total. The molecule has 0 bridgehead atoms. The lowest BCUT2D eigenvalue weighted by Gasteiger charge is -2.09. The minimum Gasteiger partial charge on any atom is -0.383 e. The molecule has 0 atom stereocenters. The van der Waals surface area contributed by atoms with Crippen LogP contribution in [0.3, 0.4) is 0 Å². The summed E-state index contributed by atoms with van der Waals surface area (Å²) in [6, 6.07) is 1.55. The number of nitrogens with zero attached hydrogens (tertiary/aromatic N) is 4. The number of rotatable bonds is 5. The van der Waals surface area contributed by atoms with E-state index in [2.05, 4.69) is 29.4 Å². The van der Waals surface area contributed by atoms with E-state index in [1.165, 1.54) is 4.68 Å². The molecular weight excluding hydrogens is 290 g/mol. The lowest BCUT2D eigenvalue weighted by Crippen LogP contribution is -2.24. The summed E-state index contributed by atoms with van der Waals surface area (Å²) < 4.78 is 2.98. The highest BCUT2D eigenvalue weighted by molar-refractivity contribution is 6.30. The highest BCUT2D eigenvalue weighted by Crippen LogP contribution is 2.18. The number of aromatic nitrogens is 4. The van der Waals surface area contributed by atoms with E-state index in [1.54, 1.807) is 24.0 Å². The minimum absolute atomic E-state index is 0.164. The summed E-state index contributed by atoms with van der Waals surface area (Å²) in [5.74, 6) is 0.504. The molecule has 0 saturated carbocycles. The fraction of sp³-hybridized carbons (Fsp3) is 0.500. The second-order valence-electron chi connectivity index (χ2n) is 5.49. The lowest BCUT2D eigenvalue weighted by molar-refractivity contribution is 0.635. The molecule has 0 aliphatic carbocycles. The van der Waals surface area contributed by atoms with Gasteiger partial charge in [0.05, 0.1) is 24.1 Å². The highest BCUT2D eigenvalue weighted by atomic mass is 35.5. The first-order valence-electron chi connectivity index (χ1n) is 6.87. The van der Waals surface area contributed by atoms with Crippen molar-refractivity contribution < 1.29 is 0 Å². The van der Waals surface area contributed by atoms with E-state index in [0.717, 1.165) is 23.5 Å². The Labute approximate surface area is 128 Å². The first-order chi connectivity index (χ1) is 9.88. The van der Waals surface area contributed by atoms with Crippen LogP contribution in [-0.4, -0.2) is 26.1 Å². The number of anilines is 1. The molecule has 2 heterocycles. The molecule has 21 heavy (non-hydrogen) atoms. The summed E-state index contributed by atoms with van der Waals surface area (Å²) in [6.07, 6.45) is 1.66. The molecule has 2 rings (SSSR count). The van der Waals surface area contributed by atoms with Gasteiger partial charge in [-0.1, -0.05) is 25.4 Å². The van der Waals surface area contributed by atoms with Gasteiger partial charge in [0.15, 0.2) is 0 Å². The van der Waals surface area contributed by atoms with Gasteiger partial charge < -0.3 is 5.32 Å². The molecule has 7 heteroatoms. The lowest BCUT2D eigenvalue weighted by atomic mass is 10.2. The summed E-state index contributed by atoms with van der Waals surface area (Å²) in [6.45, 7) is 7.20. The maximum atomic E-state index is 12.1. The van der Waals surface area contributed by atoms with Crippen molar-refractivity contribution in [2.75, 3.05) is 11.9 Å². The molecule has 2 aromatic rings. The average molecular weight is 310 g/mol. The summed E-state index contributed by atoms with van der Waals surface area (Å²) in [5, 5.41) is 12.1. The van der Waals surface area contributed by atoms with Gasteiger partial charge in [0.2, 0.25) is 0 Å². The number of hydrogen-bond donors (Lipinski definition) is 1. The predicted molar refractivity (Wildman–Crippen MR) is 83.9 cm³/mol. The van der Waals surface area contributed by atoms with Crippen molar-refractivity contribution in [2.24, 2.45) is 13.0 Å². The van der Waals surface area contributed by atoms with Crippen molar-refractivity contribution in [3.8, 4) is 0 Å². The Balaban J connectivity index is 2.20. The van der Waals surface area contributed by atoms with Crippen LogP contribution in [-0.2, 0) is 13.6 Å². The Hall–Kier alpha value is -1.82. The maximum absolute atomic E-state index is 12.1. The normalized spacial score (nSPS) is 11.1. The Kier molecular flexibility index (Phi) is 4.67. The molecule has 1 N–H and O–H groups in total. The first-order valence-corrected chi connectivity index (χ1v) is 7.25. The van der Waals surface area contributed by atoms with E-state index < -0.39 is 0 Å². The third-order valence-electron chi connectivity index (χ3n) is 3.16. The van der Waals surface area contributed by atoms with E-state index in [-0.39, 0.29) is 5.56 Å². The van der Waals surface area contributed by atoms with Crippen LogP contribution in [0.25, 0.3) is 0 Å². The molecule has 0 unspecified atom stereocenters. The molecule has 0 saturated heterocycles. The fourth-order valence-electron chi connectivity index (χ4n) is 1.97. The summed E-state index contributed by atoms with van der Waals surface area (Å²) in [7, 11) is 1.77. The van der Waals surface area contributed by atoms with Crippen LogP contribution in [0.4, 0.5) is 5.69 Å². The first kappa shape index (κ1) is 15.6. The van der Waals surface area contributed by atoms with Crippen LogP contribution >= 0.6 is 11.6 Å². The zero-order valence-electron chi connectivity index (χ0n) is 12.7. The van der Waals surface area contributed by atoms with Gasteiger partial charge in [0, 0.05) is 25.2 Å². The average Bonchev–Trinajstić information content (AvgIpc) is 2.65. The molecule has 0 radical (unpaired) electrons. The smallest absolute Gasteiger partial charge is 0.269 e. The molecule has 0 fully saturated rings. The molecule has 0 aliphatic rings. The Morgan fingerprint density at radius 3 is 2.67 bits per heavy atom. The van der Waals surface area contributed by atoms with Crippen LogP contribution < -0.4 is 10.9 Å². The zero-order chi connectivity index (χ0) is 15.6. The van der Waals surface area contributed by atoms with E-state index in [9.17, 15) is 4.79 Å². The minimum atomic E-state index is -0.164. The van der Waals surface area contributed by atoms with Crippen molar-refractivity contribution in [2.45, 2.75) is 27.3 Å². The second kappa shape index (κ2) is 6.30. The van der Waals surface area contributed by atoms with Gasteiger partial charge in [0.25, 0.3) is 5.56 Å². The van der Waals surface area contributed by atoms with Crippen LogP contribution in [0.1, 0.15) is 25.1 Å². The Morgan fingerprint density at radius 2 is 2.14 bits per heavy atom. The van der Waals surface area contributed by atoms with Gasteiger partial charge in [-0.15, -0.1) is 0 Å². The standard InChI is InChI=1S/C14H20ClN5O/c1-9(2)6-16-11-5-13(21)20(17-7-11)8-12-10(3)18-19(4)14(12)15/h5,7,9,16H,6,8H2,1-4H3. The van der Waals surface area contributed by atoms with Gasteiger partial charge in [-0.25, -0.2) is 4.68 Å². The largest absolute Gasteiger partial charge is 0.383 e. The second-order valence-corrected chi connectivity index (χ2v) is 5.85. The SMILES string of the molecule is Cc1nn(C)c(Cl)c1Cn1ncc(NCC(C)C)cc1=O. The molecule has 0 aromatic carbocycles. The monoisotopic (exact) mass is 309 g/mol. The van der Waals surface area contributed by atoms with Gasteiger partial charge >= 0.3 is 0 Å².